The Hall–Kier alpha value is -3.46. The Labute approximate surface area is 173 Å². The number of aromatic nitrogens is 4. The average Bonchev–Trinajstić information content (AvgIpc) is 3.18. The molecule has 0 unspecified atom stereocenters. The quantitative estimate of drug-likeness (QED) is 0.588. The Kier molecular flexibility index (Phi) is 6.63. The highest BCUT2D eigenvalue weighted by atomic mass is 16.4. The number of aliphatic hydroxyl groups is 1. The van der Waals surface area contributed by atoms with E-state index in [4.69, 9.17) is 5.11 Å². The lowest BCUT2D eigenvalue weighted by molar-refractivity contribution is 0.201. The molecule has 1 amide bonds. The zero-order valence-corrected chi connectivity index (χ0v) is 17.0. The van der Waals surface area contributed by atoms with Gasteiger partial charge in [-0.3, -0.25) is 14.4 Å². The van der Waals surface area contributed by atoms with Crippen LogP contribution in [0.5, 0.6) is 0 Å². The summed E-state index contributed by atoms with van der Waals surface area (Å²) < 4.78 is 3.16. The van der Waals surface area contributed by atoms with Crippen LogP contribution in [0.2, 0.25) is 0 Å². The molecule has 0 aliphatic carbocycles. The molecule has 9 heteroatoms. The van der Waals surface area contributed by atoms with Crippen LogP contribution in [0.15, 0.2) is 47.7 Å². The van der Waals surface area contributed by atoms with Crippen molar-refractivity contribution in [1.29, 1.82) is 0 Å². The second-order valence-corrected chi connectivity index (χ2v) is 6.93. The van der Waals surface area contributed by atoms with Crippen LogP contribution < -0.4 is 10.3 Å². The molecule has 0 saturated carbocycles. The standard InChI is InChI=1S/C21H25N5O4/c1-3-8-25(21(29)30)19-6-4-5-16(15(19)2)12-18-20(28)7-9-26(23-18)17-13-22-24(14-17)10-11-27/h4-7,9,13-14,27H,3,8,10-12H2,1-2H3,(H,29,30). The van der Waals surface area contributed by atoms with Crippen LogP contribution in [-0.2, 0) is 13.0 Å². The first kappa shape index (κ1) is 21.3. The monoisotopic (exact) mass is 411 g/mol. The maximum absolute atomic E-state index is 12.4. The zero-order valence-electron chi connectivity index (χ0n) is 17.0. The number of hydrogen-bond acceptors (Lipinski definition) is 5. The summed E-state index contributed by atoms with van der Waals surface area (Å²) in [6.07, 6.45) is 4.89. The molecule has 0 saturated heterocycles. The van der Waals surface area contributed by atoms with Crippen molar-refractivity contribution in [2.75, 3.05) is 18.1 Å². The van der Waals surface area contributed by atoms with E-state index in [0.717, 1.165) is 11.1 Å². The Morgan fingerprint density at radius 3 is 2.77 bits per heavy atom. The number of anilines is 1. The number of amides is 1. The molecule has 2 N–H and O–H groups in total. The predicted molar refractivity (Wildman–Crippen MR) is 112 cm³/mol. The van der Waals surface area contributed by atoms with E-state index in [2.05, 4.69) is 10.2 Å². The normalized spacial score (nSPS) is 10.9. The van der Waals surface area contributed by atoms with E-state index in [-0.39, 0.29) is 18.5 Å². The molecule has 2 heterocycles. The largest absolute Gasteiger partial charge is 0.465 e. The van der Waals surface area contributed by atoms with Gasteiger partial charge in [-0.15, -0.1) is 0 Å². The smallest absolute Gasteiger partial charge is 0.411 e. The van der Waals surface area contributed by atoms with Crippen molar-refractivity contribution in [2.24, 2.45) is 0 Å². The van der Waals surface area contributed by atoms with Gasteiger partial charge in [-0.1, -0.05) is 19.1 Å². The molecule has 9 nitrogen and oxygen atoms in total. The van der Waals surface area contributed by atoms with Crippen molar-refractivity contribution in [3.05, 3.63) is 69.9 Å². The SMILES string of the molecule is CCCN(C(=O)O)c1cccc(Cc2nn(-c3cnn(CCO)c3)ccc2=O)c1C. The lowest BCUT2D eigenvalue weighted by Crippen LogP contribution is -2.30. The molecule has 3 aromatic rings. The molecule has 0 fully saturated rings. The lowest BCUT2D eigenvalue weighted by atomic mass is 10.0. The molecule has 2 aromatic heterocycles. The number of benzene rings is 1. The molecule has 1 aromatic carbocycles. The first-order valence-electron chi connectivity index (χ1n) is 9.76. The third-order valence-corrected chi connectivity index (χ3v) is 4.84. The second-order valence-electron chi connectivity index (χ2n) is 6.93. The van der Waals surface area contributed by atoms with Gasteiger partial charge in [0.2, 0.25) is 5.43 Å². The molecule has 0 bridgehead atoms. The number of carbonyl (C=O) groups is 1. The van der Waals surface area contributed by atoms with E-state index in [0.29, 0.717) is 36.6 Å². The number of hydrogen-bond donors (Lipinski definition) is 2. The van der Waals surface area contributed by atoms with E-state index < -0.39 is 6.09 Å². The topological polar surface area (TPSA) is 113 Å². The summed E-state index contributed by atoms with van der Waals surface area (Å²) in [6, 6.07) is 6.90. The maximum Gasteiger partial charge on any atom is 0.411 e. The molecule has 0 atom stereocenters. The fourth-order valence-corrected chi connectivity index (χ4v) is 3.29. The summed E-state index contributed by atoms with van der Waals surface area (Å²) in [4.78, 5) is 25.4. The van der Waals surface area contributed by atoms with Gasteiger partial charge >= 0.3 is 6.09 Å². The highest BCUT2D eigenvalue weighted by Gasteiger charge is 2.18. The summed E-state index contributed by atoms with van der Waals surface area (Å²) >= 11 is 0. The average molecular weight is 411 g/mol. The van der Waals surface area contributed by atoms with Crippen LogP contribution in [0.1, 0.15) is 30.2 Å². The summed E-state index contributed by atoms with van der Waals surface area (Å²) in [5.74, 6) is 0. The van der Waals surface area contributed by atoms with Crippen molar-refractivity contribution in [3.8, 4) is 5.69 Å². The molecule has 0 aliphatic rings. The molecule has 0 radical (unpaired) electrons. The number of carboxylic acid groups (broad SMARTS) is 1. The van der Waals surface area contributed by atoms with Crippen molar-refractivity contribution in [1.82, 2.24) is 19.6 Å². The third-order valence-electron chi connectivity index (χ3n) is 4.84. The van der Waals surface area contributed by atoms with Gasteiger partial charge < -0.3 is 10.2 Å². The predicted octanol–water partition coefficient (Wildman–Crippen LogP) is 2.21. The van der Waals surface area contributed by atoms with Gasteiger partial charge in [0.15, 0.2) is 0 Å². The summed E-state index contributed by atoms with van der Waals surface area (Å²) in [6.45, 7) is 4.53. The lowest BCUT2D eigenvalue weighted by Gasteiger charge is -2.22. The van der Waals surface area contributed by atoms with Crippen molar-refractivity contribution < 1.29 is 15.0 Å². The fraction of sp³-hybridized carbons (Fsp3) is 0.333. The Bertz CT molecular complexity index is 1090. The van der Waals surface area contributed by atoms with Crippen LogP contribution in [0.25, 0.3) is 5.69 Å². The van der Waals surface area contributed by atoms with Crippen LogP contribution >= 0.6 is 0 Å². The van der Waals surface area contributed by atoms with E-state index in [1.54, 1.807) is 40.1 Å². The van der Waals surface area contributed by atoms with E-state index >= 15 is 0 Å². The third kappa shape index (κ3) is 4.57. The van der Waals surface area contributed by atoms with Crippen molar-refractivity contribution >= 4 is 11.8 Å². The number of nitrogens with zero attached hydrogens (tertiary/aromatic N) is 5. The molecule has 158 valence electrons. The van der Waals surface area contributed by atoms with Gasteiger partial charge in [-0.2, -0.15) is 10.2 Å². The Morgan fingerprint density at radius 1 is 1.27 bits per heavy atom. The molecule has 30 heavy (non-hydrogen) atoms. The van der Waals surface area contributed by atoms with Crippen LogP contribution in [0, 0.1) is 6.92 Å². The number of aliphatic hydroxyl groups excluding tert-OH is 1. The van der Waals surface area contributed by atoms with Gasteiger partial charge in [0.25, 0.3) is 0 Å². The van der Waals surface area contributed by atoms with Gasteiger partial charge in [-0.25, -0.2) is 9.48 Å². The van der Waals surface area contributed by atoms with E-state index in [9.17, 15) is 14.7 Å². The van der Waals surface area contributed by atoms with Crippen molar-refractivity contribution in [3.63, 3.8) is 0 Å². The van der Waals surface area contributed by atoms with Gasteiger partial charge in [0, 0.05) is 25.2 Å². The zero-order chi connectivity index (χ0) is 21.7. The fourth-order valence-electron chi connectivity index (χ4n) is 3.29. The highest BCUT2D eigenvalue weighted by molar-refractivity contribution is 5.87. The minimum absolute atomic E-state index is 0.0228. The summed E-state index contributed by atoms with van der Waals surface area (Å²) in [5, 5.41) is 27.2. The van der Waals surface area contributed by atoms with Crippen LogP contribution in [-0.4, -0.2) is 49.0 Å². The van der Waals surface area contributed by atoms with E-state index in [1.165, 1.54) is 11.0 Å². The Morgan fingerprint density at radius 2 is 2.07 bits per heavy atom. The molecular formula is C21H25N5O4. The summed E-state index contributed by atoms with van der Waals surface area (Å²) in [5.41, 5.74) is 3.10. The van der Waals surface area contributed by atoms with Crippen LogP contribution in [0.3, 0.4) is 0 Å². The number of rotatable bonds is 8. The van der Waals surface area contributed by atoms with Crippen molar-refractivity contribution in [2.45, 2.75) is 33.2 Å². The molecular weight excluding hydrogens is 386 g/mol. The maximum atomic E-state index is 12.4. The Balaban J connectivity index is 1.93. The first-order chi connectivity index (χ1) is 14.4. The second kappa shape index (κ2) is 9.36. The van der Waals surface area contributed by atoms with E-state index in [1.807, 2.05) is 19.9 Å². The first-order valence-corrected chi connectivity index (χ1v) is 9.76. The summed E-state index contributed by atoms with van der Waals surface area (Å²) in [7, 11) is 0. The van der Waals surface area contributed by atoms with Gasteiger partial charge in [-0.05, 0) is 30.5 Å². The minimum Gasteiger partial charge on any atom is -0.465 e. The molecule has 3 rings (SSSR count). The van der Waals surface area contributed by atoms with Gasteiger partial charge in [0.05, 0.1) is 31.2 Å². The molecule has 0 spiro atoms. The minimum atomic E-state index is -1.00. The van der Waals surface area contributed by atoms with Gasteiger partial charge in [0.1, 0.15) is 11.4 Å². The van der Waals surface area contributed by atoms with Crippen LogP contribution in [0.4, 0.5) is 10.5 Å². The highest BCUT2D eigenvalue weighted by Crippen LogP contribution is 2.25. The molecule has 0 aliphatic heterocycles.